The Kier molecular flexibility index (Phi) is 6.86. The second-order valence-corrected chi connectivity index (χ2v) is 8.03. The van der Waals surface area contributed by atoms with E-state index in [1.807, 2.05) is 25.1 Å². The molecular formula is C24H27N5S. The molecule has 0 saturated carbocycles. The molecule has 1 heterocycles. The third-order valence-electron chi connectivity index (χ3n) is 4.97. The van der Waals surface area contributed by atoms with E-state index in [2.05, 4.69) is 66.0 Å². The molecule has 0 unspecified atom stereocenters. The van der Waals surface area contributed by atoms with Gasteiger partial charge in [-0.25, -0.2) is 4.98 Å². The van der Waals surface area contributed by atoms with Gasteiger partial charge in [0.2, 0.25) is 0 Å². The third-order valence-corrected chi connectivity index (χ3v) is 5.21. The van der Waals surface area contributed by atoms with E-state index in [0.29, 0.717) is 23.0 Å². The Hall–Kier alpha value is -3.17. The van der Waals surface area contributed by atoms with E-state index in [-0.39, 0.29) is 0 Å². The van der Waals surface area contributed by atoms with Crippen LogP contribution in [-0.2, 0) is 0 Å². The minimum atomic E-state index is 0.564. The third kappa shape index (κ3) is 5.25. The van der Waals surface area contributed by atoms with E-state index in [1.54, 1.807) is 0 Å². The molecule has 0 aliphatic carbocycles. The van der Waals surface area contributed by atoms with Crippen molar-refractivity contribution in [2.75, 3.05) is 23.7 Å². The van der Waals surface area contributed by atoms with Crippen molar-refractivity contribution < 1.29 is 0 Å². The maximum Gasteiger partial charge on any atom is 0.170 e. The molecule has 3 rings (SSSR count). The predicted octanol–water partition coefficient (Wildman–Crippen LogP) is 5.13. The first-order chi connectivity index (χ1) is 14.4. The average molecular weight is 418 g/mol. The number of aryl methyl sites for hydroxylation is 4. The molecule has 0 amide bonds. The van der Waals surface area contributed by atoms with Crippen molar-refractivity contribution in [1.82, 2.24) is 10.3 Å². The van der Waals surface area contributed by atoms with Gasteiger partial charge in [-0.15, -0.1) is 0 Å². The molecule has 30 heavy (non-hydrogen) atoms. The molecule has 5 nitrogen and oxygen atoms in total. The fourth-order valence-corrected chi connectivity index (χ4v) is 3.68. The highest BCUT2D eigenvalue weighted by Crippen LogP contribution is 2.24. The van der Waals surface area contributed by atoms with Gasteiger partial charge in [0.15, 0.2) is 5.11 Å². The van der Waals surface area contributed by atoms with Crippen LogP contribution in [0.15, 0.2) is 36.4 Å². The molecule has 0 spiro atoms. The normalized spacial score (nSPS) is 10.5. The van der Waals surface area contributed by atoms with Gasteiger partial charge in [0.1, 0.15) is 11.9 Å². The maximum atomic E-state index is 9.51. The maximum absolute atomic E-state index is 9.51. The van der Waals surface area contributed by atoms with Crippen LogP contribution in [0.2, 0.25) is 0 Å². The molecule has 6 heteroatoms. The average Bonchev–Trinajstić information content (AvgIpc) is 2.69. The topological polar surface area (TPSA) is 72.8 Å². The Bertz CT molecular complexity index is 1130. The smallest absolute Gasteiger partial charge is 0.170 e. The number of rotatable bonds is 6. The van der Waals surface area contributed by atoms with E-state index in [0.717, 1.165) is 46.2 Å². The summed E-state index contributed by atoms with van der Waals surface area (Å²) in [5, 5.41) is 20.9. The number of thiocarbonyl (C=S) groups is 1. The number of hydrogen-bond donors (Lipinski definition) is 3. The lowest BCUT2D eigenvalue weighted by Crippen LogP contribution is -2.30. The molecule has 0 fully saturated rings. The summed E-state index contributed by atoms with van der Waals surface area (Å²) in [4.78, 5) is 4.68. The number of nitrogens with zero attached hydrogens (tertiary/aromatic N) is 2. The number of pyridine rings is 1. The van der Waals surface area contributed by atoms with Gasteiger partial charge in [-0.1, -0.05) is 23.8 Å². The highest BCUT2D eigenvalue weighted by molar-refractivity contribution is 7.80. The molecule has 154 valence electrons. The van der Waals surface area contributed by atoms with Gasteiger partial charge < -0.3 is 16.0 Å². The largest absolute Gasteiger partial charge is 0.369 e. The molecular weight excluding hydrogens is 390 g/mol. The molecule has 0 bridgehead atoms. The second-order valence-electron chi connectivity index (χ2n) is 7.62. The number of aromatic nitrogens is 1. The van der Waals surface area contributed by atoms with Crippen LogP contribution in [0.1, 0.15) is 34.2 Å². The summed E-state index contributed by atoms with van der Waals surface area (Å²) in [6.07, 6.45) is 0.839. The molecule has 2 aromatic carbocycles. The van der Waals surface area contributed by atoms with Gasteiger partial charge >= 0.3 is 0 Å². The van der Waals surface area contributed by atoms with Crippen molar-refractivity contribution in [1.29, 1.82) is 5.26 Å². The van der Waals surface area contributed by atoms with Gasteiger partial charge in [-0.05, 0) is 81.2 Å². The number of benzene rings is 2. The number of nitrogens with one attached hydrogen (secondary N) is 3. The fraction of sp³-hybridized carbons (Fsp3) is 0.292. The first-order valence-electron chi connectivity index (χ1n) is 10.1. The second kappa shape index (κ2) is 9.55. The lowest BCUT2D eigenvalue weighted by molar-refractivity contribution is 0.807. The van der Waals surface area contributed by atoms with Crippen LogP contribution in [0.4, 0.5) is 11.5 Å². The van der Waals surface area contributed by atoms with Crippen LogP contribution in [0.5, 0.6) is 0 Å². The Morgan fingerprint density at radius 1 is 1.00 bits per heavy atom. The molecule has 0 saturated heterocycles. The fourth-order valence-electron chi connectivity index (χ4n) is 3.47. The van der Waals surface area contributed by atoms with E-state index in [4.69, 9.17) is 12.2 Å². The van der Waals surface area contributed by atoms with Gasteiger partial charge in [-0.3, -0.25) is 0 Å². The van der Waals surface area contributed by atoms with Crippen LogP contribution >= 0.6 is 12.2 Å². The summed E-state index contributed by atoms with van der Waals surface area (Å²) < 4.78 is 0. The first kappa shape index (κ1) is 21.5. The summed E-state index contributed by atoms with van der Waals surface area (Å²) >= 11 is 5.39. The summed E-state index contributed by atoms with van der Waals surface area (Å²) in [6, 6.07) is 14.6. The minimum absolute atomic E-state index is 0.564. The number of hydrogen-bond acceptors (Lipinski definition) is 4. The molecule has 0 radical (unpaired) electrons. The van der Waals surface area contributed by atoms with Gasteiger partial charge in [0.05, 0.1) is 11.1 Å². The SMILES string of the molecule is Cc1ccc(NC(=S)NCCCNc2nc3cc(C)cc(C)c3cc2C#N)c(C)c1. The summed E-state index contributed by atoms with van der Waals surface area (Å²) in [6.45, 7) is 9.65. The van der Waals surface area contributed by atoms with Crippen LogP contribution in [0, 0.1) is 39.0 Å². The zero-order chi connectivity index (χ0) is 21.7. The van der Waals surface area contributed by atoms with Crippen LogP contribution in [0.3, 0.4) is 0 Å². The quantitative estimate of drug-likeness (QED) is 0.381. The number of fused-ring (bicyclic) bond motifs is 1. The molecule has 3 aromatic rings. The Morgan fingerprint density at radius 2 is 1.77 bits per heavy atom. The highest BCUT2D eigenvalue weighted by atomic mass is 32.1. The highest BCUT2D eigenvalue weighted by Gasteiger charge is 2.09. The summed E-state index contributed by atoms with van der Waals surface area (Å²) in [5.74, 6) is 0.631. The van der Waals surface area contributed by atoms with E-state index >= 15 is 0 Å². The monoisotopic (exact) mass is 417 g/mol. The summed E-state index contributed by atoms with van der Waals surface area (Å²) in [7, 11) is 0. The number of nitriles is 1. The first-order valence-corrected chi connectivity index (χ1v) is 10.5. The van der Waals surface area contributed by atoms with Crippen molar-refractivity contribution in [3.63, 3.8) is 0 Å². The van der Waals surface area contributed by atoms with E-state index in [1.165, 1.54) is 5.56 Å². The standard InChI is InChI=1S/C24H27N5S/c1-15-6-7-21(18(4)10-15)29-24(30)27-9-5-8-26-23-19(14-25)13-20-17(3)11-16(2)12-22(20)28-23/h6-7,10-13H,5,8-9H2,1-4H3,(H,26,28)(H2,27,29,30). The van der Waals surface area contributed by atoms with E-state index in [9.17, 15) is 5.26 Å². The van der Waals surface area contributed by atoms with Crippen LogP contribution in [-0.4, -0.2) is 23.2 Å². The van der Waals surface area contributed by atoms with Crippen molar-refractivity contribution in [2.45, 2.75) is 34.1 Å². The Morgan fingerprint density at radius 3 is 2.50 bits per heavy atom. The molecule has 0 atom stereocenters. The van der Waals surface area contributed by atoms with Crippen molar-refractivity contribution in [3.05, 3.63) is 64.2 Å². The van der Waals surface area contributed by atoms with Crippen molar-refractivity contribution >= 4 is 39.7 Å². The molecule has 3 N–H and O–H groups in total. The van der Waals surface area contributed by atoms with Gasteiger partial charge in [0.25, 0.3) is 0 Å². The zero-order valence-electron chi connectivity index (χ0n) is 17.9. The molecule has 1 aromatic heterocycles. The lowest BCUT2D eigenvalue weighted by Gasteiger charge is -2.14. The zero-order valence-corrected chi connectivity index (χ0v) is 18.7. The van der Waals surface area contributed by atoms with Crippen LogP contribution < -0.4 is 16.0 Å². The summed E-state index contributed by atoms with van der Waals surface area (Å²) in [5.41, 5.74) is 7.18. The predicted molar refractivity (Wildman–Crippen MR) is 129 cm³/mol. The van der Waals surface area contributed by atoms with Crippen molar-refractivity contribution in [3.8, 4) is 6.07 Å². The van der Waals surface area contributed by atoms with Gasteiger partial charge in [0, 0.05) is 24.2 Å². The minimum Gasteiger partial charge on any atom is -0.369 e. The Labute approximate surface area is 183 Å². The van der Waals surface area contributed by atoms with Crippen molar-refractivity contribution in [2.24, 2.45) is 0 Å². The Balaban J connectivity index is 1.53. The number of anilines is 2. The van der Waals surface area contributed by atoms with Crippen LogP contribution in [0.25, 0.3) is 10.9 Å². The van der Waals surface area contributed by atoms with E-state index < -0.39 is 0 Å². The van der Waals surface area contributed by atoms with Gasteiger partial charge in [-0.2, -0.15) is 5.26 Å². The lowest BCUT2D eigenvalue weighted by atomic mass is 10.0. The molecule has 0 aliphatic heterocycles. The molecule has 0 aliphatic rings.